The minimum atomic E-state index is -3.65. The summed E-state index contributed by atoms with van der Waals surface area (Å²) in [5, 5.41) is 11.6. The van der Waals surface area contributed by atoms with E-state index >= 15 is 0 Å². The number of hydrogen-bond acceptors (Lipinski definition) is 6. The fraction of sp³-hybridized carbons (Fsp3) is 0.619. The molecular weight excluding hydrogens is 408 g/mol. The molecule has 2 saturated carbocycles. The van der Waals surface area contributed by atoms with Crippen molar-refractivity contribution in [3.05, 3.63) is 28.8 Å². The average molecular weight is 435 g/mol. The summed E-state index contributed by atoms with van der Waals surface area (Å²) in [6.45, 7) is 6.25. The molecule has 6 nitrogen and oxygen atoms in total. The number of sulfonamides is 1. The first-order chi connectivity index (χ1) is 13.5. The van der Waals surface area contributed by atoms with Gasteiger partial charge >= 0.3 is 0 Å². The van der Waals surface area contributed by atoms with E-state index in [9.17, 15) is 18.3 Å². The molecule has 2 heterocycles. The molecular formula is C21H26N2O4S2. The molecule has 156 valence electrons. The average Bonchev–Trinajstić information content (AvgIpc) is 3.25. The molecule has 5 rings (SSSR count). The fourth-order valence-corrected chi connectivity index (χ4v) is 9.69. The highest BCUT2D eigenvalue weighted by atomic mass is 32.2. The number of benzene rings is 1. The molecule has 1 amide bonds. The van der Waals surface area contributed by atoms with Gasteiger partial charge in [-0.2, -0.15) is 0 Å². The van der Waals surface area contributed by atoms with E-state index in [1.807, 2.05) is 19.1 Å². The number of aliphatic hydroxyl groups excluding tert-OH is 1. The predicted molar refractivity (Wildman–Crippen MR) is 112 cm³/mol. The monoisotopic (exact) mass is 434 g/mol. The van der Waals surface area contributed by atoms with Gasteiger partial charge in [0.15, 0.2) is 0 Å². The first kappa shape index (κ1) is 19.5. The molecule has 29 heavy (non-hydrogen) atoms. The molecule has 1 aromatic heterocycles. The number of rotatable bonds is 3. The number of carbonyl (C=O) groups is 1. The third-order valence-electron chi connectivity index (χ3n) is 7.93. The van der Waals surface area contributed by atoms with E-state index in [4.69, 9.17) is 0 Å². The van der Waals surface area contributed by atoms with E-state index in [0.717, 1.165) is 38.8 Å². The summed E-state index contributed by atoms with van der Waals surface area (Å²) in [6, 6.07) is 5.19. The van der Waals surface area contributed by atoms with Gasteiger partial charge in [-0.3, -0.25) is 4.79 Å². The number of aliphatic hydroxyl groups is 1. The number of nitrogens with zero attached hydrogens (tertiary/aromatic N) is 2. The van der Waals surface area contributed by atoms with Crippen molar-refractivity contribution < 1.29 is 18.3 Å². The third-order valence-corrected chi connectivity index (χ3v) is 10.8. The SMILES string of the molecule is Cc1nc2ccc(C(O)CC(=O)N3C4CC5CC[C@]4(CS3(=O)=O)C5(C)C)cc2s1. The molecule has 2 bridgehead atoms. The Kier molecular flexibility index (Phi) is 4.04. The van der Waals surface area contributed by atoms with Crippen LogP contribution in [0.5, 0.6) is 0 Å². The van der Waals surface area contributed by atoms with Gasteiger partial charge in [0.05, 0.1) is 39.5 Å². The minimum Gasteiger partial charge on any atom is -0.388 e. The largest absolute Gasteiger partial charge is 0.388 e. The number of carbonyl (C=O) groups excluding carboxylic acids is 1. The summed E-state index contributed by atoms with van der Waals surface area (Å²) in [5.74, 6) is 0.0331. The van der Waals surface area contributed by atoms with Crippen LogP contribution < -0.4 is 0 Å². The standard InChI is InChI=1S/C21H26N2O4S2/c1-12-22-15-5-4-13(8-17(15)28-12)16(24)10-19(25)23-18-9-14-6-7-21(18,20(14,2)3)11-29(23,26)27/h4-5,8,14,16,18,24H,6-7,9-11H2,1-3H3/t14?,16?,18?,21-/m1/s1. The number of aryl methyl sites for hydroxylation is 1. The van der Waals surface area contributed by atoms with E-state index in [-0.39, 0.29) is 29.0 Å². The highest BCUT2D eigenvalue weighted by Crippen LogP contribution is 2.70. The predicted octanol–water partition coefficient (Wildman–Crippen LogP) is 3.40. The summed E-state index contributed by atoms with van der Waals surface area (Å²) in [5.41, 5.74) is 1.07. The van der Waals surface area contributed by atoms with Crippen molar-refractivity contribution in [2.75, 3.05) is 5.75 Å². The lowest BCUT2D eigenvalue weighted by Gasteiger charge is -2.37. The van der Waals surface area contributed by atoms with Crippen LogP contribution >= 0.6 is 11.3 Å². The molecule has 0 radical (unpaired) electrons. The number of fused-ring (bicyclic) bond motifs is 2. The zero-order valence-corrected chi connectivity index (χ0v) is 18.5. The Labute approximate surface area is 175 Å². The first-order valence-electron chi connectivity index (χ1n) is 10.2. The van der Waals surface area contributed by atoms with Crippen LogP contribution in [0.4, 0.5) is 0 Å². The second-order valence-electron chi connectivity index (χ2n) is 9.49. The van der Waals surface area contributed by atoms with Crippen molar-refractivity contribution in [2.24, 2.45) is 16.7 Å². The van der Waals surface area contributed by atoms with Gasteiger partial charge in [-0.25, -0.2) is 17.7 Å². The number of thiazole rings is 1. The van der Waals surface area contributed by atoms with E-state index in [0.29, 0.717) is 11.5 Å². The molecule has 1 spiro atoms. The maximum atomic E-state index is 13.1. The number of amides is 1. The van der Waals surface area contributed by atoms with E-state index in [1.165, 1.54) is 11.3 Å². The molecule has 2 aromatic rings. The Balaban J connectivity index is 1.41. The Morgan fingerprint density at radius 2 is 2.17 bits per heavy atom. The Morgan fingerprint density at radius 3 is 2.90 bits per heavy atom. The number of hydrogen-bond donors (Lipinski definition) is 1. The van der Waals surface area contributed by atoms with Crippen molar-refractivity contribution in [1.29, 1.82) is 0 Å². The van der Waals surface area contributed by atoms with Gasteiger partial charge in [-0.15, -0.1) is 11.3 Å². The van der Waals surface area contributed by atoms with Crippen molar-refractivity contribution in [3.8, 4) is 0 Å². The first-order valence-corrected chi connectivity index (χ1v) is 12.6. The summed E-state index contributed by atoms with van der Waals surface area (Å²) < 4.78 is 28.1. The summed E-state index contributed by atoms with van der Waals surface area (Å²) in [7, 11) is -3.65. The molecule has 2 aliphatic carbocycles. The molecule has 1 N–H and O–H groups in total. The Bertz CT molecular complexity index is 1120. The van der Waals surface area contributed by atoms with E-state index < -0.39 is 22.0 Å². The van der Waals surface area contributed by atoms with Crippen molar-refractivity contribution in [3.63, 3.8) is 0 Å². The fourth-order valence-electron chi connectivity index (χ4n) is 6.25. The van der Waals surface area contributed by atoms with Crippen LogP contribution in [0.1, 0.15) is 56.2 Å². The van der Waals surface area contributed by atoms with Gasteiger partial charge in [-0.1, -0.05) is 19.9 Å². The van der Waals surface area contributed by atoms with Gasteiger partial charge in [0, 0.05) is 5.41 Å². The normalized spacial score (nSPS) is 32.6. The molecule has 1 aromatic carbocycles. The summed E-state index contributed by atoms with van der Waals surface area (Å²) >= 11 is 1.53. The molecule has 3 fully saturated rings. The lowest BCUT2D eigenvalue weighted by Crippen LogP contribution is -2.44. The van der Waals surface area contributed by atoms with Crippen LogP contribution in [-0.2, 0) is 14.8 Å². The lowest BCUT2D eigenvalue weighted by atomic mass is 9.69. The quantitative estimate of drug-likeness (QED) is 0.800. The van der Waals surface area contributed by atoms with Crippen molar-refractivity contribution in [2.45, 2.75) is 58.6 Å². The van der Waals surface area contributed by atoms with Gasteiger partial charge in [0.2, 0.25) is 15.9 Å². The Hall–Kier alpha value is -1.51. The van der Waals surface area contributed by atoms with Crippen molar-refractivity contribution in [1.82, 2.24) is 9.29 Å². The molecule has 1 saturated heterocycles. The van der Waals surface area contributed by atoms with Gasteiger partial charge in [0.1, 0.15) is 0 Å². The zero-order chi connectivity index (χ0) is 20.8. The maximum Gasteiger partial charge on any atom is 0.239 e. The van der Waals surface area contributed by atoms with E-state index in [1.54, 1.807) is 6.07 Å². The minimum absolute atomic E-state index is 0.0576. The lowest BCUT2D eigenvalue weighted by molar-refractivity contribution is -0.131. The van der Waals surface area contributed by atoms with Gasteiger partial charge in [-0.05, 0) is 55.2 Å². The van der Waals surface area contributed by atoms with Crippen LogP contribution in [0.3, 0.4) is 0 Å². The number of aromatic nitrogens is 1. The smallest absolute Gasteiger partial charge is 0.239 e. The van der Waals surface area contributed by atoms with Crippen LogP contribution in [-0.4, -0.2) is 40.5 Å². The molecule has 1 aliphatic heterocycles. The van der Waals surface area contributed by atoms with Crippen molar-refractivity contribution >= 4 is 37.5 Å². The highest BCUT2D eigenvalue weighted by Gasteiger charge is 2.72. The molecule has 3 unspecified atom stereocenters. The third kappa shape index (κ3) is 2.58. The molecule has 8 heteroatoms. The zero-order valence-electron chi connectivity index (χ0n) is 16.9. The second kappa shape index (κ2) is 6.02. The Morgan fingerprint density at radius 1 is 1.41 bits per heavy atom. The molecule has 3 aliphatic rings. The maximum absolute atomic E-state index is 13.1. The van der Waals surface area contributed by atoms with Gasteiger partial charge < -0.3 is 5.11 Å². The summed E-state index contributed by atoms with van der Waals surface area (Å²) in [6.07, 6.45) is 1.40. The van der Waals surface area contributed by atoms with Gasteiger partial charge in [0.25, 0.3) is 0 Å². The second-order valence-corrected chi connectivity index (χ2v) is 12.6. The topological polar surface area (TPSA) is 87.6 Å². The van der Waals surface area contributed by atoms with E-state index in [2.05, 4.69) is 18.8 Å². The van der Waals surface area contributed by atoms with Crippen LogP contribution in [0, 0.1) is 23.7 Å². The summed E-state index contributed by atoms with van der Waals surface area (Å²) in [4.78, 5) is 17.5. The van der Waals surface area contributed by atoms with Crippen LogP contribution in [0.15, 0.2) is 18.2 Å². The van der Waals surface area contributed by atoms with Crippen LogP contribution in [0.2, 0.25) is 0 Å². The molecule has 4 atom stereocenters. The highest BCUT2D eigenvalue weighted by molar-refractivity contribution is 7.90. The van der Waals surface area contributed by atoms with Crippen LogP contribution in [0.25, 0.3) is 10.2 Å².